The van der Waals surface area contributed by atoms with E-state index in [-0.39, 0.29) is 5.56 Å². The lowest BCUT2D eigenvalue weighted by Crippen LogP contribution is -2.14. The molecule has 4 aromatic rings. The Morgan fingerprint density at radius 2 is 2.09 bits per heavy atom. The maximum atomic E-state index is 12.8. The van der Waals surface area contributed by atoms with Gasteiger partial charge in [-0.25, -0.2) is 9.38 Å². The molecular formula is C17H15N3O2. The summed E-state index contributed by atoms with van der Waals surface area (Å²) in [6.45, 7) is 4.51. The van der Waals surface area contributed by atoms with Crippen molar-refractivity contribution in [3.63, 3.8) is 0 Å². The van der Waals surface area contributed by atoms with Crippen molar-refractivity contribution in [3.05, 3.63) is 52.3 Å². The van der Waals surface area contributed by atoms with E-state index in [1.807, 2.05) is 50.2 Å². The quantitative estimate of drug-likeness (QED) is 0.618. The van der Waals surface area contributed by atoms with Gasteiger partial charge in [0.05, 0.1) is 28.5 Å². The summed E-state index contributed by atoms with van der Waals surface area (Å²) in [6.07, 6.45) is 0. The predicted molar refractivity (Wildman–Crippen MR) is 86.7 cm³/mol. The highest BCUT2D eigenvalue weighted by Gasteiger charge is 2.11. The van der Waals surface area contributed by atoms with Crippen molar-refractivity contribution in [1.82, 2.24) is 14.4 Å². The minimum Gasteiger partial charge on any atom is -0.494 e. The number of nitrogens with zero attached hydrogens (tertiary/aromatic N) is 2. The van der Waals surface area contributed by atoms with Crippen LogP contribution in [0.5, 0.6) is 5.75 Å². The average molecular weight is 293 g/mol. The van der Waals surface area contributed by atoms with Gasteiger partial charge in [-0.1, -0.05) is 6.07 Å². The summed E-state index contributed by atoms with van der Waals surface area (Å²) >= 11 is 0. The molecule has 0 fully saturated rings. The molecule has 0 radical (unpaired) electrons. The fourth-order valence-electron chi connectivity index (χ4n) is 2.79. The first-order valence-corrected chi connectivity index (χ1v) is 7.25. The van der Waals surface area contributed by atoms with Crippen LogP contribution in [0.1, 0.15) is 12.5 Å². The van der Waals surface area contributed by atoms with Gasteiger partial charge in [-0.15, -0.1) is 0 Å². The summed E-state index contributed by atoms with van der Waals surface area (Å²) < 4.78 is 7.13. The number of ether oxygens (including phenoxy) is 1. The van der Waals surface area contributed by atoms with Gasteiger partial charge in [-0.05, 0) is 43.7 Å². The van der Waals surface area contributed by atoms with Gasteiger partial charge in [-0.3, -0.25) is 4.79 Å². The molecule has 0 aliphatic rings. The molecule has 5 nitrogen and oxygen atoms in total. The fraction of sp³-hybridized carbons (Fsp3) is 0.176. The van der Waals surface area contributed by atoms with Crippen molar-refractivity contribution < 1.29 is 4.74 Å². The number of nitrogens with one attached hydrogen (secondary N) is 1. The molecule has 22 heavy (non-hydrogen) atoms. The van der Waals surface area contributed by atoms with E-state index in [0.29, 0.717) is 17.8 Å². The number of H-pyrrole nitrogens is 1. The summed E-state index contributed by atoms with van der Waals surface area (Å²) in [5.41, 5.74) is 3.36. The number of fused-ring (bicyclic) bond motifs is 4. The molecule has 5 heteroatoms. The maximum absolute atomic E-state index is 12.8. The Balaban J connectivity index is 2.15. The van der Waals surface area contributed by atoms with Gasteiger partial charge in [0.2, 0.25) is 5.78 Å². The second-order valence-corrected chi connectivity index (χ2v) is 5.33. The molecule has 0 bridgehead atoms. The Kier molecular flexibility index (Phi) is 2.69. The van der Waals surface area contributed by atoms with Crippen molar-refractivity contribution in [2.75, 3.05) is 6.61 Å². The van der Waals surface area contributed by atoms with Crippen molar-refractivity contribution in [3.8, 4) is 5.75 Å². The molecule has 4 rings (SSSR count). The number of hydrogen-bond acceptors (Lipinski definition) is 3. The number of aromatic amines is 1. The van der Waals surface area contributed by atoms with E-state index >= 15 is 0 Å². The summed E-state index contributed by atoms with van der Waals surface area (Å²) in [6, 6.07) is 11.3. The molecule has 1 N–H and O–H groups in total. The fourth-order valence-corrected chi connectivity index (χ4v) is 2.79. The third-order valence-corrected chi connectivity index (χ3v) is 3.79. The van der Waals surface area contributed by atoms with Crippen LogP contribution in [0.4, 0.5) is 0 Å². The molecule has 0 unspecified atom stereocenters. The third-order valence-electron chi connectivity index (χ3n) is 3.79. The van der Waals surface area contributed by atoms with E-state index in [2.05, 4.69) is 9.97 Å². The van der Waals surface area contributed by atoms with Crippen LogP contribution in [-0.4, -0.2) is 21.0 Å². The highest BCUT2D eigenvalue weighted by atomic mass is 16.5. The first-order chi connectivity index (χ1) is 10.7. The number of hydrogen-bond donors (Lipinski definition) is 1. The third kappa shape index (κ3) is 1.79. The second-order valence-electron chi connectivity index (χ2n) is 5.33. The van der Waals surface area contributed by atoms with Crippen LogP contribution in [0.15, 0.2) is 41.2 Å². The summed E-state index contributed by atoms with van der Waals surface area (Å²) in [5.74, 6) is 1.28. The predicted octanol–water partition coefficient (Wildman–Crippen LogP) is 3.04. The number of aryl methyl sites for hydroxylation is 1. The van der Waals surface area contributed by atoms with Crippen LogP contribution >= 0.6 is 0 Å². The molecule has 0 atom stereocenters. The Labute approximate surface area is 126 Å². The minimum atomic E-state index is -0.0695. The largest absolute Gasteiger partial charge is 0.494 e. The highest BCUT2D eigenvalue weighted by Crippen LogP contribution is 2.22. The molecule has 0 aliphatic carbocycles. The van der Waals surface area contributed by atoms with Crippen LogP contribution in [-0.2, 0) is 0 Å². The van der Waals surface area contributed by atoms with E-state index in [9.17, 15) is 4.79 Å². The second kappa shape index (κ2) is 4.59. The summed E-state index contributed by atoms with van der Waals surface area (Å²) in [5, 5.41) is 0.652. The Morgan fingerprint density at radius 3 is 2.91 bits per heavy atom. The zero-order valence-corrected chi connectivity index (χ0v) is 12.4. The number of benzene rings is 2. The van der Waals surface area contributed by atoms with E-state index in [0.717, 1.165) is 27.9 Å². The Bertz CT molecular complexity index is 1080. The molecule has 110 valence electrons. The van der Waals surface area contributed by atoms with Gasteiger partial charge < -0.3 is 9.72 Å². The standard InChI is InChI=1S/C17H15N3O2/c1-3-22-11-5-7-13-15(9-11)20-16(21)12-6-4-10(2)8-14(12)19-17(20)18-13/h4-9H,3H2,1-2H3,(H,18,19). The topological polar surface area (TPSA) is 59.4 Å². The van der Waals surface area contributed by atoms with Gasteiger partial charge in [0, 0.05) is 6.07 Å². The lowest BCUT2D eigenvalue weighted by Gasteiger charge is -2.03. The van der Waals surface area contributed by atoms with Crippen LogP contribution in [0, 0.1) is 6.92 Å². The molecule has 2 aromatic heterocycles. The van der Waals surface area contributed by atoms with Gasteiger partial charge in [0.25, 0.3) is 5.56 Å². The molecule has 0 saturated carbocycles. The van der Waals surface area contributed by atoms with Gasteiger partial charge in [0.15, 0.2) is 0 Å². The maximum Gasteiger partial charge on any atom is 0.267 e. The SMILES string of the molecule is CCOc1ccc2nc3[nH]c4cc(C)ccc4c(=O)n3c2c1. The molecule has 0 amide bonds. The molecule has 0 saturated heterocycles. The van der Waals surface area contributed by atoms with Crippen molar-refractivity contribution >= 4 is 27.7 Å². The minimum absolute atomic E-state index is 0.0695. The zero-order chi connectivity index (χ0) is 15.3. The van der Waals surface area contributed by atoms with Crippen LogP contribution < -0.4 is 10.3 Å². The highest BCUT2D eigenvalue weighted by molar-refractivity contribution is 5.86. The van der Waals surface area contributed by atoms with Crippen molar-refractivity contribution in [2.45, 2.75) is 13.8 Å². The first-order valence-electron chi connectivity index (χ1n) is 7.25. The van der Waals surface area contributed by atoms with Crippen LogP contribution in [0.3, 0.4) is 0 Å². The normalized spacial score (nSPS) is 11.5. The Hall–Kier alpha value is -2.82. The first kappa shape index (κ1) is 12.9. The van der Waals surface area contributed by atoms with Gasteiger partial charge in [0.1, 0.15) is 5.75 Å². The molecule has 0 spiro atoms. The zero-order valence-electron chi connectivity index (χ0n) is 12.4. The molecule has 0 aliphatic heterocycles. The van der Waals surface area contributed by atoms with E-state index in [1.165, 1.54) is 0 Å². The smallest absolute Gasteiger partial charge is 0.267 e. The monoisotopic (exact) mass is 293 g/mol. The van der Waals surface area contributed by atoms with Crippen LogP contribution in [0.2, 0.25) is 0 Å². The summed E-state index contributed by atoms with van der Waals surface area (Å²) in [7, 11) is 0. The molecule has 2 heterocycles. The van der Waals surface area contributed by atoms with Gasteiger partial charge >= 0.3 is 0 Å². The van der Waals surface area contributed by atoms with E-state index in [1.54, 1.807) is 4.40 Å². The van der Waals surface area contributed by atoms with Crippen molar-refractivity contribution in [1.29, 1.82) is 0 Å². The lowest BCUT2D eigenvalue weighted by atomic mass is 10.2. The number of rotatable bonds is 2. The van der Waals surface area contributed by atoms with Crippen LogP contribution in [0.25, 0.3) is 27.7 Å². The van der Waals surface area contributed by atoms with Crippen molar-refractivity contribution in [2.24, 2.45) is 0 Å². The number of imidazole rings is 1. The molecule has 2 aromatic carbocycles. The summed E-state index contributed by atoms with van der Waals surface area (Å²) in [4.78, 5) is 20.6. The molecular weight excluding hydrogens is 278 g/mol. The van der Waals surface area contributed by atoms with E-state index < -0.39 is 0 Å². The Morgan fingerprint density at radius 1 is 1.23 bits per heavy atom. The van der Waals surface area contributed by atoms with E-state index in [4.69, 9.17) is 4.74 Å². The number of aromatic nitrogens is 3. The average Bonchev–Trinajstić information content (AvgIpc) is 2.85. The van der Waals surface area contributed by atoms with Gasteiger partial charge in [-0.2, -0.15) is 0 Å². The lowest BCUT2D eigenvalue weighted by molar-refractivity contribution is 0.340.